The molecule has 0 N–H and O–H groups in total. The van der Waals surface area contributed by atoms with Crippen molar-refractivity contribution in [3.63, 3.8) is 0 Å². The second kappa shape index (κ2) is 32.8. The predicted molar refractivity (Wildman–Crippen MR) is 339 cm³/mol. The molecular formula is C71H73O15P3. The van der Waals surface area contributed by atoms with Gasteiger partial charge in [-0.2, -0.15) is 0 Å². The minimum absolute atomic E-state index is 0.0983. The topological polar surface area (TPSA) is 162 Å². The van der Waals surface area contributed by atoms with Crippen molar-refractivity contribution in [2.45, 2.75) is 109 Å². The summed E-state index contributed by atoms with van der Waals surface area (Å²) in [6, 6.07) is 83.1. The highest BCUT2D eigenvalue weighted by Gasteiger charge is 2.68. The van der Waals surface area contributed by atoms with E-state index < -0.39 is 59.6 Å². The smallest absolute Gasteiger partial charge is 0.368 e. The fourth-order valence-corrected chi connectivity index (χ4v) is 14.4. The van der Waals surface area contributed by atoms with Crippen LogP contribution in [-0.2, 0) is 128 Å². The standard InChI is InChI=1S/C71H73O15P3/c1-2-71(86-89(74,82-55-64-44-26-10-27-45-64)83-56-65-46-28-11-29-47-65)69(77-50-59-34-16-5-17-35-59)67(75-48-57-30-12-3-13-31-57)66(84-87(72,78-51-60-36-18-6-19-37-60)79-52-61-38-20-7-21-39-61)68(76-49-58-32-14-4-15-33-58)70(71)85-88(73,80-53-62-40-22-8-23-41-62)81-54-63-42-24-9-25-43-63/h3-47,66-70H,2,48-56H2,1H3/t66-,67+,68+,69+,70-,71-/m1/s1. The zero-order valence-corrected chi connectivity index (χ0v) is 52.1. The first kappa shape index (κ1) is 65.2. The molecule has 0 bridgehead atoms. The summed E-state index contributed by atoms with van der Waals surface area (Å²) >= 11 is 0. The van der Waals surface area contributed by atoms with Crippen molar-refractivity contribution < 1.29 is 68.6 Å². The molecule has 0 spiro atoms. The van der Waals surface area contributed by atoms with Crippen LogP contribution < -0.4 is 0 Å². The van der Waals surface area contributed by atoms with E-state index in [0.29, 0.717) is 44.5 Å². The number of hydrogen-bond donors (Lipinski definition) is 0. The predicted octanol–water partition coefficient (Wildman–Crippen LogP) is 17.3. The van der Waals surface area contributed by atoms with Crippen molar-refractivity contribution >= 4 is 23.5 Å². The highest BCUT2D eigenvalue weighted by molar-refractivity contribution is 7.49. The Morgan fingerprint density at radius 1 is 0.270 bits per heavy atom. The van der Waals surface area contributed by atoms with Gasteiger partial charge in [0.1, 0.15) is 36.1 Å². The fourth-order valence-electron chi connectivity index (χ4n) is 10.1. The molecule has 18 heteroatoms. The van der Waals surface area contributed by atoms with Crippen LogP contribution in [0.15, 0.2) is 273 Å². The first-order valence-electron chi connectivity index (χ1n) is 29.5. The van der Waals surface area contributed by atoms with Gasteiger partial charge < -0.3 is 14.2 Å². The van der Waals surface area contributed by atoms with Crippen molar-refractivity contribution in [3.8, 4) is 0 Å². The molecule has 15 nitrogen and oxygen atoms in total. The Balaban J connectivity index is 1.21. The van der Waals surface area contributed by atoms with E-state index >= 15 is 13.7 Å². The molecule has 0 aromatic heterocycles. The van der Waals surface area contributed by atoms with Gasteiger partial charge in [-0.05, 0) is 56.5 Å². The van der Waals surface area contributed by atoms with E-state index in [1.54, 1.807) is 6.92 Å². The Kier molecular flexibility index (Phi) is 24.0. The molecule has 6 atom stereocenters. The van der Waals surface area contributed by atoms with Gasteiger partial charge in [-0.3, -0.25) is 40.7 Å². The van der Waals surface area contributed by atoms with Crippen LogP contribution >= 0.6 is 23.5 Å². The Morgan fingerprint density at radius 3 is 0.764 bits per heavy atom. The lowest BCUT2D eigenvalue weighted by molar-refractivity contribution is -0.290. The summed E-state index contributed by atoms with van der Waals surface area (Å²) in [7, 11) is -14.9. The van der Waals surface area contributed by atoms with Crippen LogP contribution in [0.5, 0.6) is 0 Å². The molecule has 1 fully saturated rings. The van der Waals surface area contributed by atoms with E-state index in [0.717, 1.165) is 5.56 Å². The largest absolute Gasteiger partial charge is 0.476 e. The summed E-state index contributed by atoms with van der Waals surface area (Å²) in [5, 5.41) is 0. The molecule has 10 rings (SSSR count). The molecule has 9 aromatic carbocycles. The molecule has 0 heterocycles. The first-order valence-corrected chi connectivity index (χ1v) is 33.9. The summed E-state index contributed by atoms with van der Waals surface area (Å²) in [4.78, 5) is 0. The van der Waals surface area contributed by atoms with E-state index in [1.165, 1.54) is 0 Å². The molecule has 9 aromatic rings. The zero-order valence-electron chi connectivity index (χ0n) is 49.4. The summed E-state index contributed by atoms with van der Waals surface area (Å²) in [6.45, 7) is -0.0972. The van der Waals surface area contributed by atoms with Crippen LogP contribution in [-0.4, -0.2) is 36.1 Å². The van der Waals surface area contributed by atoms with Crippen molar-refractivity contribution in [3.05, 3.63) is 323 Å². The number of phosphoric acid groups is 3. The van der Waals surface area contributed by atoms with Gasteiger partial charge in [0, 0.05) is 0 Å². The lowest BCUT2D eigenvalue weighted by Crippen LogP contribution is -2.73. The highest BCUT2D eigenvalue weighted by atomic mass is 31.2. The van der Waals surface area contributed by atoms with Crippen LogP contribution in [0.3, 0.4) is 0 Å². The van der Waals surface area contributed by atoms with Gasteiger partial charge >= 0.3 is 23.5 Å². The van der Waals surface area contributed by atoms with E-state index in [4.69, 9.17) is 54.9 Å². The molecular weight excluding hydrogens is 1190 g/mol. The monoisotopic (exact) mass is 1260 g/mol. The van der Waals surface area contributed by atoms with E-state index in [1.807, 2.05) is 273 Å². The van der Waals surface area contributed by atoms with Crippen LogP contribution in [0.25, 0.3) is 0 Å². The molecule has 89 heavy (non-hydrogen) atoms. The molecule has 1 aliphatic carbocycles. The lowest BCUT2D eigenvalue weighted by atomic mass is 9.73. The van der Waals surface area contributed by atoms with Gasteiger partial charge in [0.05, 0.1) is 59.5 Å². The van der Waals surface area contributed by atoms with Crippen molar-refractivity contribution in [2.24, 2.45) is 0 Å². The maximum Gasteiger partial charge on any atom is 0.476 e. The lowest BCUT2D eigenvalue weighted by Gasteiger charge is -2.56. The number of phosphoric ester groups is 3. The minimum Gasteiger partial charge on any atom is -0.368 e. The van der Waals surface area contributed by atoms with Crippen molar-refractivity contribution in [1.82, 2.24) is 0 Å². The third-order valence-corrected chi connectivity index (χ3v) is 19.0. The Bertz CT molecular complexity index is 3490. The highest BCUT2D eigenvalue weighted by Crippen LogP contribution is 2.64. The molecule has 0 amide bonds. The fraction of sp³-hybridized carbons (Fsp3) is 0.239. The second-order valence-electron chi connectivity index (χ2n) is 21.1. The molecule has 1 aliphatic rings. The molecule has 462 valence electrons. The maximum absolute atomic E-state index is 16.6. The van der Waals surface area contributed by atoms with E-state index in [2.05, 4.69) is 0 Å². The molecule has 0 radical (unpaired) electrons. The van der Waals surface area contributed by atoms with Crippen molar-refractivity contribution in [1.29, 1.82) is 0 Å². The normalized spacial score (nSPS) is 18.8. The molecule has 1 saturated carbocycles. The third kappa shape index (κ3) is 19.1. The molecule has 0 saturated heterocycles. The average molecular weight is 1260 g/mol. The maximum atomic E-state index is 16.6. The van der Waals surface area contributed by atoms with E-state index in [9.17, 15) is 0 Å². The first-order chi connectivity index (χ1) is 43.6. The van der Waals surface area contributed by atoms with Crippen LogP contribution in [0.2, 0.25) is 0 Å². The van der Waals surface area contributed by atoms with Gasteiger partial charge in [0.15, 0.2) is 0 Å². The van der Waals surface area contributed by atoms with Gasteiger partial charge in [-0.25, -0.2) is 13.7 Å². The van der Waals surface area contributed by atoms with Gasteiger partial charge in [0.25, 0.3) is 0 Å². The number of benzene rings is 9. The van der Waals surface area contributed by atoms with Crippen LogP contribution in [0, 0.1) is 0 Å². The summed E-state index contributed by atoms with van der Waals surface area (Å²) in [5.74, 6) is 0. The second-order valence-corrected chi connectivity index (χ2v) is 26.0. The van der Waals surface area contributed by atoms with Gasteiger partial charge in [-0.15, -0.1) is 0 Å². The van der Waals surface area contributed by atoms with Crippen LogP contribution in [0.4, 0.5) is 0 Å². The summed E-state index contributed by atoms with van der Waals surface area (Å²) < 4.78 is 132. The molecule has 0 unspecified atom stereocenters. The van der Waals surface area contributed by atoms with Crippen molar-refractivity contribution in [2.75, 3.05) is 0 Å². The van der Waals surface area contributed by atoms with Gasteiger partial charge in [-0.1, -0.05) is 280 Å². The quantitative estimate of drug-likeness (QED) is 0.0350. The number of rotatable bonds is 34. The zero-order chi connectivity index (χ0) is 61.5. The van der Waals surface area contributed by atoms with Crippen LogP contribution in [0.1, 0.15) is 63.4 Å². The summed E-state index contributed by atoms with van der Waals surface area (Å²) in [6.07, 6.45) is -8.35. The van der Waals surface area contributed by atoms with Gasteiger partial charge in [0.2, 0.25) is 0 Å². The number of hydrogen-bond acceptors (Lipinski definition) is 15. The molecule has 0 aliphatic heterocycles. The summed E-state index contributed by atoms with van der Waals surface area (Å²) in [5.41, 5.74) is 3.79. The third-order valence-electron chi connectivity index (χ3n) is 14.8. The SMILES string of the molecule is CC[C@]1(OP(=O)(OCc2ccccc2)OCc2ccccc2)[C@H](OP(=O)(OCc2ccccc2)OCc2ccccc2)[C@@H](OCc2ccccc2)[C@H](OP(=O)(OCc2ccccc2)OCc2ccccc2)[C@H](OCc2ccccc2)[C@@H]1OCc1ccccc1. The number of ether oxygens (including phenoxy) is 3. The minimum atomic E-state index is -5.02. The Labute approximate surface area is 521 Å². The Morgan fingerprint density at radius 2 is 0.494 bits per heavy atom. The Hall–Kier alpha value is -6.81. The van der Waals surface area contributed by atoms with E-state index in [-0.39, 0.29) is 65.9 Å². The average Bonchev–Trinajstić information content (AvgIpc) is 0.757.